The van der Waals surface area contributed by atoms with Crippen molar-refractivity contribution in [2.75, 3.05) is 6.54 Å². The topological polar surface area (TPSA) is 61.8 Å². The zero-order valence-corrected chi connectivity index (χ0v) is 13.4. The van der Waals surface area contributed by atoms with Gasteiger partial charge in [-0.15, -0.1) is 24.0 Å². The number of phenols is 1. The molecule has 18 heavy (non-hydrogen) atoms. The van der Waals surface area contributed by atoms with Crippen molar-refractivity contribution in [1.29, 1.82) is 0 Å². The Hall–Kier alpha value is -0.890. The first-order chi connectivity index (χ1) is 7.92. The average Bonchev–Trinajstić information content (AvgIpc) is 2.55. The van der Waals surface area contributed by atoms with Gasteiger partial charge in [0.15, 0.2) is 5.11 Å². The Kier molecular flexibility index (Phi) is 4.55. The molecule has 3 N–H and O–H groups in total. The quantitative estimate of drug-likeness (QED) is 0.583. The molecule has 1 aromatic carbocycles. The summed E-state index contributed by atoms with van der Waals surface area (Å²) in [5.74, 6) is 0.226. The van der Waals surface area contributed by atoms with E-state index < -0.39 is 0 Å². The maximum atomic E-state index is 9.86. The highest BCUT2D eigenvalue weighted by Crippen LogP contribution is 2.33. The summed E-state index contributed by atoms with van der Waals surface area (Å²) in [6.45, 7) is 4.74. The molecule has 1 heterocycles. The number of nitrogens with zero attached hydrogens (tertiary/aromatic N) is 2. The van der Waals surface area contributed by atoms with Gasteiger partial charge in [-0.05, 0) is 24.4 Å². The molecule has 0 spiro atoms. The van der Waals surface area contributed by atoms with Crippen molar-refractivity contribution in [3.63, 3.8) is 0 Å². The molecule has 2 rings (SSSR count). The van der Waals surface area contributed by atoms with Crippen LogP contribution in [-0.4, -0.2) is 27.5 Å². The van der Waals surface area contributed by atoms with Gasteiger partial charge in [0.25, 0.3) is 0 Å². The molecule has 1 aliphatic heterocycles. The van der Waals surface area contributed by atoms with Crippen molar-refractivity contribution in [1.82, 2.24) is 5.01 Å². The van der Waals surface area contributed by atoms with Gasteiger partial charge in [0, 0.05) is 11.0 Å². The van der Waals surface area contributed by atoms with E-state index in [1.54, 1.807) is 17.1 Å². The number of nitrogens with two attached hydrogens (primary N) is 1. The van der Waals surface area contributed by atoms with E-state index in [1.807, 2.05) is 12.1 Å². The third kappa shape index (κ3) is 2.74. The Morgan fingerprint density at radius 2 is 2.06 bits per heavy atom. The van der Waals surface area contributed by atoms with Crippen LogP contribution in [0.4, 0.5) is 0 Å². The third-order valence-corrected chi connectivity index (χ3v) is 3.03. The minimum atomic E-state index is -0.192. The highest BCUT2D eigenvalue weighted by molar-refractivity contribution is 14.0. The number of hydrazone groups is 1. The van der Waals surface area contributed by atoms with E-state index >= 15 is 0 Å². The smallest absolute Gasteiger partial charge is 0.187 e. The molecule has 1 aromatic rings. The molecule has 0 saturated carbocycles. The van der Waals surface area contributed by atoms with Gasteiger partial charge in [-0.3, -0.25) is 0 Å². The molecule has 0 saturated heterocycles. The highest BCUT2D eigenvalue weighted by atomic mass is 127. The zero-order chi connectivity index (χ0) is 12.6. The molecule has 0 aromatic heterocycles. The lowest BCUT2D eigenvalue weighted by Gasteiger charge is -2.20. The Bertz CT molecular complexity index is 502. The van der Waals surface area contributed by atoms with Crippen LogP contribution in [0.5, 0.6) is 5.75 Å². The molecule has 98 valence electrons. The van der Waals surface area contributed by atoms with Gasteiger partial charge in [0.1, 0.15) is 5.75 Å². The first-order valence-corrected chi connectivity index (χ1v) is 5.77. The third-order valence-electron chi connectivity index (χ3n) is 2.82. The molecule has 6 heteroatoms. The number of benzene rings is 1. The van der Waals surface area contributed by atoms with E-state index in [1.165, 1.54) is 0 Å². The minimum absolute atomic E-state index is 0. The van der Waals surface area contributed by atoms with Crippen LogP contribution in [0.15, 0.2) is 29.4 Å². The molecule has 1 aliphatic rings. The Balaban J connectivity index is 0.00000162. The molecular weight excluding hydrogens is 361 g/mol. The van der Waals surface area contributed by atoms with Crippen LogP contribution in [-0.2, 0) is 0 Å². The summed E-state index contributed by atoms with van der Waals surface area (Å²) in [5, 5.41) is 16.1. The van der Waals surface area contributed by atoms with E-state index in [0.717, 1.165) is 11.3 Å². The lowest BCUT2D eigenvalue weighted by Crippen LogP contribution is -2.34. The van der Waals surface area contributed by atoms with Crippen molar-refractivity contribution in [3.05, 3.63) is 29.8 Å². The van der Waals surface area contributed by atoms with Crippen LogP contribution in [0.3, 0.4) is 0 Å². The molecular formula is C12H16IN3OS. The van der Waals surface area contributed by atoms with E-state index in [2.05, 4.69) is 18.9 Å². The summed E-state index contributed by atoms with van der Waals surface area (Å²) in [5.41, 5.74) is 6.93. The number of halogens is 1. The Morgan fingerprint density at radius 1 is 1.44 bits per heavy atom. The molecule has 4 nitrogen and oxygen atoms in total. The molecule has 0 atom stereocenters. The molecule has 0 aliphatic carbocycles. The largest absolute Gasteiger partial charge is 0.507 e. The number of hydrogen-bond donors (Lipinski definition) is 2. The summed E-state index contributed by atoms with van der Waals surface area (Å²) in [6, 6.07) is 7.15. The molecule has 0 unspecified atom stereocenters. The van der Waals surface area contributed by atoms with Crippen LogP contribution in [0.1, 0.15) is 19.4 Å². The number of hydrogen-bond acceptors (Lipinski definition) is 3. The number of thiocarbonyl (C=S) groups is 1. The van der Waals surface area contributed by atoms with E-state index in [4.69, 9.17) is 18.0 Å². The summed E-state index contributed by atoms with van der Waals surface area (Å²) >= 11 is 4.93. The summed E-state index contributed by atoms with van der Waals surface area (Å²) in [7, 11) is 0. The summed E-state index contributed by atoms with van der Waals surface area (Å²) in [6.07, 6.45) is 0. The molecule has 0 radical (unpaired) electrons. The second-order valence-electron chi connectivity index (χ2n) is 4.75. The lowest BCUT2D eigenvalue weighted by atomic mass is 9.84. The Morgan fingerprint density at radius 3 is 2.56 bits per heavy atom. The monoisotopic (exact) mass is 377 g/mol. The van der Waals surface area contributed by atoms with E-state index in [0.29, 0.717) is 6.54 Å². The van der Waals surface area contributed by atoms with Crippen molar-refractivity contribution in [2.45, 2.75) is 13.8 Å². The van der Waals surface area contributed by atoms with Gasteiger partial charge in [-0.1, -0.05) is 26.0 Å². The van der Waals surface area contributed by atoms with Crippen LogP contribution in [0, 0.1) is 5.41 Å². The standard InChI is InChI=1S/C12H15N3OS.HI/c1-12(2)7-15(11(13)17)14-10(12)8-5-3-4-6-9(8)16;/h3-6,16H,7H2,1-2H3,(H2,13,17);1H. The number of phenolic OH excluding ortho intramolecular Hbond substituents is 1. The molecule has 0 amide bonds. The summed E-state index contributed by atoms with van der Waals surface area (Å²) < 4.78 is 0. The fourth-order valence-electron chi connectivity index (χ4n) is 1.96. The maximum Gasteiger partial charge on any atom is 0.187 e. The second-order valence-corrected chi connectivity index (χ2v) is 5.16. The van der Waals surface area contributed by atoms with Crippen molar-refractivity contribution in [3.8, 4) is 5.75 Å². The number of aromatic hydroxyl groups is 1. The number of rotatable bonds is 1. The predicted octanol–water partition coefficient (Wildman–Crippen LogP) is 2.30. The predicted molar refractivity (Wildman–Crippen MR) is 87.3 cm³/mol. The van der Waals surface area contributed by atoms with Gasteiger partial charge in [-0.25, -0.2) is 5.01 Å². The Labute approximate surface area is 129 Å². The van der Waals surface area contributed by atoms with Crippen molar-refractivity contribution in [2.24, 2.45) is 16.3 Å². The van der Waals surface area contributed by atoms with Crippen LogP contribution in [0.25, 0.3) is 0 Å². The van der Waals surface area contributed by atoms with Gasteiger partial charge in [0.05, 0.1) is 12.3 Å². The summed E-state index contributed by atoms with van der Waals surface area (Å²) in [4.78, 5) is 0. The van der Waals surface area contributed by atoms with Crippen LogP contribution in [0.2, 0.25) is 0 Å². The second kappa shape index (κ2) is 5.40. The van der Waals surface area contributed by atoms with Crippen molar-refractivity contribution >= 4 is 47.0 Å². The van der Waals surface area contributed by atoms with Crippen LogP contribution >= 0.6 is 36.2 Å². The van der Waals surface area contributed by atoms with Gasteiger partial charge >= 0.3 is 0 Å². The first kappa shape index (κ1) is 15.2. The lowest BCUT2D eigenvalue weighted by molar-refractivity contribution is 0.386. The highest BCUT2D eigenvalue weighted by Gasteiger charge is 2.36. The van der Waals surface area contributed by atoms with Gasteiger partial charge in [0.2, 0.25) is 0 Å². The average molecular weight is 377 g/mol. The van der Waals surface area contributed by atoms with E-state index in [-0.39, 0.29) is 40.3 Å². The normalized spacial score (nSPS) is 17.0. The van der Waals surface area contributed by atoms with E-state index in [9.17, 15) is 5.11 Å². The fourth-order valence-corrected chi connectivity index (χ4v) is 2.07. The molecule has 0 fully saturated rings. The maximum absolute atomic E-state index is 9.86. The van der Waals surface area contributed by atoms with Crippen LogP contribution < -0.4 is 5.73 Å². The molecule has 0 bridgehead atoms. The number of para-hydroxylation sites is 1. The first-order valence-electron chi connectivity index (χ1n) is 5.36. The SMILES string of the molecule is CC1(C)CN(C(N)=S)N=C1c1ccccc1O.I. The van der Waals surface area contributed by atoms with Gasteiger partial charge < -0.3 is 10.8 Å². The zero-order valence-electron chi connectivity index (χ0n) is 10.3. The van der Waals surface area contributed by atoms with Gasteiger partial charge in [-0.2, -0.15) is 5.10 Å². The fraction of sp³-hybridized carbons (Fsp3) is 0.333. The van der Waals surface area contributed by atoms with Crippen molar-refractivity contribution < 1.29 is 5.11 Å². The minimum Gasteiger partial charge on any atom is -0.507 e.